The van der Waals surface area contributed by atoms with Crippen LogP contribution in [0.15, 0.2) is 24.5 Å². The van der Waals surface area contributed by atoms with Crippen LogP contribution in [-0.4, -0.2) is 45.9 Å². The molecule has 6 nitrogen and oxygen atoms in total. The normalized spacial score (nSPS) is 15.7. The lowest BCUT2D eigenvalue weighted by atomic mass is 9.97. The zero-order chi connectivity index (χ0) is 17.1. The number of rotatable bonds is 4. The van der Waals surface area contributed by atoms with Crippen LogP contribution in [0.3, 0.4) is 0 Å². The zero-order valence-electron chi connectivity index (χ0n) is 14.2. The fourth-order valence-electron chi connectivity index (χ4n) is 3.18. The second-order valence-electron chi connectivity index (χ2n) is 6.24. The number of carbonyl (C=O) groups excluding carboxylic acids is 2. The van der Waals surface area contributed by atoms with Gasteiger partial charge in [-0.15, -0.1) is 0 Å². The predicted molar refractivity (Wildman–Crippen MR) is 89.6 cm³/mol. The Morgan fingerprint density at radius 3 is 2.75 bits per heavy atom. The molecule has 3 rings (SSSR count). The van der Waals surface area contributed by atoms with Gasteiger partial charge in [0.15, 0.2) is 0 Å². The lowest BCUT2D eigenvalue weighted by Gasteiger charge is -2.30. The van der Waals surface area contributed by atoms with Crippen molar-refractivity contribution in [2.75, 3.05) is 19.7 Å². The first-order valence-electron chi connectivity index (χ1n) is 8.46. The Hall–Kier alpha value is -2.37. The summed E-state index contributed by atoms with van der Waals surface area (Å²) in [5, 5.41) is 0. The van der Waals surface area contributed by atoms with E-state index in [-0.39, 0.29) is 17.8 Å². The van der Waals surface area contributed by atoms with E-state index in [1.807, 2.05) is 47.7 Å². The standard InChI is InChI=1S/C18H23N3O3/c1-3-24-18(23)14-6-9-20(10-7-14)16(22)11-15-12-21-8-4-5-13(2)17(21)19-15/h4-5,8,12,14H,3,6-7,9-11H2,1-2H3. The number of nitrogens with zero attached hydrogens (tertiary/aromatic N) is 3. The van der Waals surface area contributed by atoms with E-state index in [2.05, 4.69) is 4.98 Å². The van der Waals surface area contributed by atoms with Gasteiger partial charge in [0.25, 0.3) is 0 Å². The Morgan fingerprint density at radius 1 is 1.33 bits per heavy atom. The smallest absolute Gasteiger partial charge is 0.309 e. The molecule has 0 spiro atoms. The van der Waals surface area contributed by atoms with Crippen molar-refractivity contribution >= 4 is 17.5 Å². The molecule has 24 heavy (non-hydrogen) atoms. The van der Waals surface area contributed by atoms with Crippen LogP contribution < -0.4 is 0 Å². The maximum Gasteiger partial charge on any atom is 0.309 e. The average Bonchev–Trinajstić information content (AvgIpc) is 2.99. The summed E-state index contributed by atoms with van der Waals surface area (Å²) in [5.74, 6) is -0.148. The number of piperidine rings is 1. The fourth-order valence-corrected chi connectivity index (χ4v) is 3.18. The molecule has 2 aromatic rings. The van der Waals surface area contributed by atoms with Gasteiger partial charge in [0.05, 0.1) is 24.6 Å². The van der Waals surface area contributed by atoms with Crippen LogP contribution >= 0.6 is 0 Å². The third kappa shape index (κ3) is 3.42. The van der Waals surface area contributed by atoms with Gasteiger partial charge in [-0.2, -0.15) is 0 Å². The SMILES string of the molecule is CCOC(=O)C1CCN(C(=O)Cc2cn3cccc(C)c3n2)CC1. The number of aryl methyl sites for hydroxylation is 1. The number of aromatic nitrogens is 2. The topological polar surface area (TPSA) is 63.9 Å². The van der Waals surface area contributed by atoms with Gasteiger partial charge >= 0.3 is 5.97 Å². The van der Waals surface area contributed by atoms with E-state index in [1.54, 1.807) is 0 Å². The molecule has 1 amide bonds. The maximum atomic E-state index is 12.5. The number of hydrogen-bond acceptors (Lipinski definition) is 4. The molecule has 3 heterocycles. The van der Waals surface area contributed by atoms with Crippen molar-refractivity contribution in [1.82, 2.24) is 14.3 Å². The third-order valence-electron chi connectivity index (χ3n) is 4.53. The molecule has 0 aromatic carbocycles. The van der Waals surface area contributed by atoms with Gasteiger partial charge in [0, 0.05) is 25.5 Å². The first kappa shape index (κ1) is 16.5. The lowest BCUT2D eigenvalue weighted by molar-refractivity contribution is -0.151. The molecule has 0 atom stereocenters. The van der Waals surface area contributed by atoms with Crippen LogP contribution in [0.25, 0.3) is 5.65 Å². The molecular weight excluding hydrogens is 306 g/mol. The number of carbonyl (C=O) groups is 2. The van der Waals surface area contributed by atoms with E-state index in [1.165, 1.54) is 0 Å². The number of pyridine rings is 1. The van der Waals surface area contributed by atoms with Gasteiger partial charge in [-0.3, -0.25) is 9.59 Å². The van der Waals surface area contributed by atoms with Crippen molar-refractivity contribution in [2.24, 2.45) is 5.92 Å². The number of ether oxygens (including phenoxy) is 1. The van der Waals surface area contributed by atoms with E-state index >= 15 is 0 Å². The summed E-state index contributed by atoms with van der Waals surface area (Å²) in [4.78, 5) is 30.6. The van der Waals surface area contributed by atoms with Crippen molar-refractivity contribution in [2.45, 2.75) is 33.1 Å². The molecule has 0 saturated carbocycles. The van der Waals surface area contributed by atoms with E-state index in [0.717, 1.165) is 16.9 Å². The molecule has 0 bridgehead atoms. The average molecular weight is 329 g/mol. The molecule has 1 aliphatic heterocycles. The molecule has 128 valence electrons. The highest BCUT2D eigenvalue weighted by Gasteiger charge is 2.28. The minimum absolute atomic E-state index is 0.0679. The molecule has 0 unspecified atom stereocenters. The summed E-state index contributed by atoms with van der Waals surface area (Å²) >= 11 is 0. The van der Waals surface area contributed by atoms with Crippen molar-refractivity contribution < 1.29 is 14.3 Å². The van der Waals surface area contributed by atoms with E-state index in [4.69, 9.17) is 4.74 Å². The summed E-state index contributed by atoms with van der Waals surface area (Å²) in [6.45, 7) is 5.44. The number of amides is 1. The van der Waals surface area contributed by atoms with Gasteiger partial charge < -0.3 is 14.0 Å². The number of esters is 1. The first-order chi connectivity index (χ1) is 11.6. The highest BCUT2D eigenvalue weighted by atomic mass is 16.5. The molecular formula is C18H23N3O3. The monoisotopic (exact) mass is 329 g/mol. The minimum atomic E-state index is -0.138. The zero-order valence-corrected chi connectivity index (χ0v) is 14.2. The highest BCUT2D eigenvalue weighted by Crippen LogP contribution is 2.19. The number of imidazole rings is 1. The van der Waals surface area contributed by atoms with Crippen molar-refractivity contribution in [3.8, 4) is 0 Å². The molecule has 2 aromatic heterocycles. The van der Waals surface area contributed by atoms with Gasteiger partial charge in [-0.1, -0.05) is 6.07 Å². The third-order valence-corrected chi connectivity index (χ3v) is 4.53. The fraction of sp³-hybridized carbons (Fsp3) is 0.500. The van der Waals surface area contributed by atoms with Crippen LogP contribution in [0, 0.1) is 12.8 Å². The molecule has 6 heteroatoms. The van der Waals surface area contributed by atoms with Crippen molar-refractivity contribution in [3.05, 3.63) is 35.8 Å². The number of hydrogen-bond donors (Lipinski definition) is 0. The van der Waals surface area contributed by atoms with Crippen molar-refractivity contribution in [3.63, 3.8) is 0 Å². The summed E-state index contributed by atoms with van der Waals surface area (Å²) in [7, 11) is 0. The molecule has 0 aliphatic carbocycles. The van der Waals surface area contributed by atoms with Crippen LogP contribution in [0.2, 0.25) is 0 Å². The van der Waals surface area contributed by atoms with Crippen LogP contribution in [0.5, 0.6) is 0 Å². The van der Waals surface area contributed by atoms with E-state index in [0.29, 0.717) is 39.0 Å². The van der Waals surface area contributed by atoms with Crippen molar-refractivity contribution in [1.29, 1.82) is 0 Å². The summed E-state index contributed by atoms with van der Waals surface area (Å²) < 4.78 is 7.01. The lowest BCUT2D eigenvalue weighted by Crippen LogP contribution is -2.41. The van der Waals surface area contributed by atoms with Gasteiger partial charge in [-0.05, 0) is 38.3 Å². The highest BCUT2D eigenvalue weighted by molar-refractivity contribution is 5.79. The van der Waals surface area contributed by atoms with Crippen LogP contribution in [-0.2, 0) is 20.7 Å². The van der Waals surface area contributed by atoms with Gasteiger partial charge in [0.1, 0.15) is 5.65 Å². The van der Waals surface area contributed by atoms with Crippen LogP contribution in [0.1, 0.15) is 31.0 Å². The Labute approximate surface area is 141 Å². The number of likely N-dealkylation sites (tertiary alicyclic amines) is 1. The van der Waals surface area contributed by atoms with E-state index < -0.39 is 0 Å². The largest absolute Gasteiger partial charge is 0.466 e. The Bertz CT molecular complexity index is 745. The first-order valence-corrected chi connectivity index (χ1v) is 8.46. The predicted octanol–water partition coefficient (Wildman–Crippen LogP) is 1.99. The maximum absolute atomic E-state index is 12.5. The number of fused-ring (bicyclic) bond motifs is 1. The molecule has 1 fully saturated rings. The summed E-state index contributed by atoms with van der Waals surface area (Å²) in [6, 6.07) is 3.98. The van der Waals surface area contributed by atoms with Crippen LogP contribution in [0.4, 0.5) is 0 Å². The second-order valence-corrected chi connectivity index (χ2v) is 6.24. The molecule has 0 N–H and O–H groups in total. The molecule has 0 radical (unpaired) electrons. The minimum Gasteiger partial charge on any atom is -0.466 e. The quantitative estimate of drug-likeness (QED) is 0.805. The Balaban J connectivity index is 1.59. The van der Waals surface area contributed by atoms with Gasteiger partial charge in [-0.25, -0.2) is 4.98 Å². The summed E-state index contributed by atoms with van der Waals surface area (Å²) in [5.41, 5.74) is 2.76. The molecule has 1 saturated heterocycles. The molecule has 1 aliphatic rings. The van der Waals surface area contributed by atoms with E-state index in [9.17, 15) is 9.59 Å². The summed E-state index contributed by atoms with van der Waals surface area (Å²) in [6.07, 6.45) is 5.49. The Kier molecular flexibility index (Phi) is 4.83. The Morgan fingerprint density at radius 2 is 2.08 bits per heavy atom. The second kappa shape index (κ2) is 7.03. The van der Waals surface area contributed by atoms with Gasteiger partial charge in [0.2, 0.25) is 5.91 Å².